The molecule has 3 N–H and O–H groups in total. The molecular formula is C13H14BrN3OS. The Balaban J connectivity index is 2.29. The van der Waals surface area contributed by atoms with E-state index in [1.165, 1.54) is 17.8 Å². The SMILES string of the molecule is Cc1cc(=O)[nH]c(Sc2ccc([C@H](C)N)c(Br)c2)n1. The average Bonchev–Trinajstić information content (AvgIpc) is 2.26. The number of aryl methyl sites for hydroxylation is 1. The largest absolute Gasteiger partial charge is 0.324 e. The number of rotatable bonds is 3. The van der Waals surface area contributed by atoms with Crippen LogP contribution in [0.3, 0.4) is 0 Å². The number of nitrogens with zero attached hydrogens (tertiary/aromatic N) is 1. The number of hydrogen-bond donors (Lipinski definition) is 2. The van der Waals surface area contributed by atoms with E-state index in [9.17, 15) is 4.79 Å². The van der Waals surface area contributed by atoms with Gasteiger partial charge in [-0.2, -0.15) is 0 Å². The summed E-state index contributed by atoms with van der Waals surface area (Å²) < 4.78 is 0.961. The lowest BCUT2D eigenvalue weighted by Gasteiger charge is -2.10. The molecule has 0 saturated heterocycles. The predicted molar refractivity (Wildman–Crippen MR) is 80.5 cm³/mol. The second-order valence-corrected chi connectivity index (χ2v) is 6.18. The van der Waals surface area contributed by atoms with Crippen molar-refractivity contribution >= 4 is 27.7 Å². The Labute approximate surface area is 124 Å². The summed E-state index contributed by atoms with van der Waals surface area (Å²) in [6.07, 6.45) is 0. The maximum atomic E-state index is 11.4. The fourth-order valence-corrected chi connectivity index (χ4v) is 3.42. The molecular weight excluding hydrogens is 326 g/mol. The van der Waals surface area contributed by atoms with E-state index in [2.05, 4.69) is 25.9 Å². The quantitative estimate of drug-likeness (QED) is 0.843. The van der Waals surface area contributed by atoms with Gasteiger partial charge in [0.1, 0.15) is 0 Å². The Morgan fingerprint density at radius 3 is 2.74 bits per heavy atom. The zero-order valence-electron chi connectivity index (χ0n) is 10.6. The van der Waals surface area contributed by atoms with E-state index in [4.69, 9.17) is 5.73 Å². The van der Waals surface area contributed by atoms with Crippen molar-refractivity contribution in [2.75, 3.05) is 0 Å². The Hall–Kier alpha value is -1.11. The minimum absolute atomic E-state index is 0.0228. The first-order chi connectivity index (χ1) is 8.95. The molecule has 1 heterocycles. The summed E-state index contributed by atoms with van der Waals surface area (Å²) in [4.78, 5) is 19.4. The smallest absolute Gasteiger partial charge is 0.251 e. The van der Waals surface area contributed by atoms with Gasteiger partial charge in [-0.1, -0.05) is 33.8 Å². The molecule has 0 aliphatic rings. The van der Waals surface area contributed by atoms with Gasteiger partial charge in [0, 0.05) is 27.2 Å². The van der Waals surface area contributed by atoms with E-state index in [-0.39, 0.29) is 11.6 Å². The molecule has 1 aromatic heterocycles. The van der Waals surface area contributed by atoms with E-state index >= 15 is 0 Å². The summed E-state index contributed by atoms with van der Waals surface area (Å²) in [7, 11) is 0. The van der Waals surface area contributed by atoms with Crippen LogP contribution in [0.1, 0.15) is 24.2 Å². The number of halogens is 1. The highest BCUT2D eigenvalue weighted by atomic mass is 79.9. The van der Waals surface area contributed by atoms with Crippen molar-refractivity contribution in [1.82, 2.24) is 9.97 Å². The second kappa shape index (κ2) is 5.90. The van der Waals surface area contributed by atoms with Crippen molar-refractivity contribution < 1.29 is 0 Å². The maximum absolute atomic E-state index is 11.4. The average molecular weight is 340 g/mol. The van der Waals surface area contributed by atoms with Crippen LogP contribution < -0.4 is 11.3 Å². The molecule has 0 bridgehead atoms. The van der Waals surface area contributed by atoms with E-state index < -0.39 is 0 Å². The highest BCUT2D eigenvalue weighted by Gasteiger charge is 2.07. The molecule has 6 heteroatoms. The molecule has 0 fully saturated rings. The van der Waals surface area contributed by atoms with Crippen molar-refractivity contribution in [2.24, 2.45) is 5.73 Å². The topological polar surface area (TPSA) is 71.8 Å². The molecule has 4 nitrogen and oxygen atoms in total. The Kier molecular flexibility index (Phi) is 4.44. The van der Waals surface area contributed by atoms with Crippen LogP contribution in [-0.2, 0) is 0 Å². The number of aromatic amines is 1. The van der Waals surface area contributed by atoms with E-state index in [1.54, 1.807) is 6.92 Å². The zero-order valence-corrected chi connectivity index (χ0v) is 13.0. The number of hydrogen-bond acceptors (Lipinski definition) is 4. The molecule has 0 spiro atoms. The van der Waals surface area contributed by atoms with Crippen LogP contribution in [-0.4, -0.2) is 9.97 Å². The third-order valence-electron chi connectivity index (χ3n) is 2.53. The summed E-state index contributed by atoms with van der Waals surface area (Å²) in [5.74, 6) is 0. The van der Waals surface area contributed by atoms with Crippen LogP contribution in [0.4, 0.5) is 0 Å². The fraction of sp³-hybridized carbons (Fsp3) is 0.231. The summed E-state index contributed by atoms with van der Waals surface area (Å²) in [6, 6.07) is 7.37. The standard InChI is InChI=1S/C13H14BrN3OS/c1-7-5-12(18)17-13(16-7)19-9-3-4-10(8(2)15)11(14)6-9/h3-6,8H,15H2,1-2H3,(H,16,17,18)/t8-/m0/s1. The summed E-state index contributed by atoms with van der Waals surface area (Å²) >= 11 is 4.92. The Morgan fingerprint density at radius 2 is 2.16 bits per heavy atom. The minimum atomic E-state index is -0.138. The maximum Gasteiger partial charge on any atom is 0.251 e. The van der Waals surface area contributed by atoms with Crippen LogP contribution >= 0.6 is 27.7 Å². The number of nitrogens with one attached hydrogen (secondary N) is 1. The van der Waals surface area contributed by atoms with Gasteiger partial charge in [0.2, 0.25) is 0 Å². The van der Waals surface area contributed by atoms with Crippen LogP contribution in [0.2, 0.25) is 0 Å². The van der Waals surface area contributed by atoms with Gasteiger partial charge in [0.15, 0.2) is 5.16 Å². The third kappa shape index (κ3) is 3.68. The van der Waals surface area contributed by atoms with Crippen molar-refractivity contribution in [3.63, 3.8) is 0 Å². The Bertz CT molecular complexity index is 655. The zero-order chi connectivity index (χ0) is 14.0. The van der Waals surface area contributed by atoms with E-state index in [1.807, 2.05) is 25.1 Å². The van der Waals surface area contributed by atoms with E-state index in [0.29, 0.717) is 10.9 Å². The third-order valence-corrected chi connectivity index (χ3v) is 4.09. The van der Waals surface area contributed by atoms with Crippen molar-refractivity contribution in [2.45, 2.75) is 29.9 Å². The first kappa shape index (κ1) is 14.3. The summed E-state index contributed by atoms with van der Waals surface area (Å²) in [6.45, 7) is 3.74. The second-order valence-electron chi connectivity index (χ2n) is 4.27. The molecule has 19 heavy (non-hydrogen) atoms. The van der Waals surface area contributed by atoms with Crippen LogP contribution in [0.15, 0.2) is 43.6 Å². The van der Waals surface area contributed by atoms with Crippen molar-refractivity contribution in [1.29, 1.82) is 0 Å². The van der Waals surface area contributed by atoms with Gasteiger partial charge in [-0.25, -0.2) is 4.98 Å². The number of benzene rings is 1. The Morgan fingerprint density at radius 1 is 1.42 bits per heavy atom. The van der Waals surface area contributed by atoms with Gasteiger partial charge < -0.3 is 10.7 Å². The minimum Gasteiger partial charge on any atom is -0.324 e. The first-order valence-electron chi connectivity index (χ1n) is 5.76. The normalized spacial score (nSPS) is 12.4. The van der Waals surface area contributed by atoms with Gasteiger partial charge in [-0.05, 0) is 31.5 Å². The number of H-pyrrole nitrogens is 1. The monoisotopic (exact) mass is 339 g/mol. The van der Waals surface area contributed by atoms with E-state index in [0.717, 1.165) is 14.9 Å². The predicted octanol–water partition coefficient (Wildman–Crippen LogP) is 3.01. The van der Waals surface area contributed by atoms with Gasteiger partial charge in [-0.15, -0.1) is 0 Å². The molecule has 100 valence electrons. The molecule has 2 rings (SSSR count). The molecule has 0 unspecified atom stereocenters. The molecule has 0 aliphatic carbocycles. The fourth-order valence-electron chi connectivity index (χ4n) is 1.65. The summed E-state index contributed by atoms with van der Waals surface area (Å²) in [5.41, 5.74) is 7.48. The summed E-state index contributed by atoms with van der Waals surface area (Å²) in [5, 5.41) is 0.588. The first-order valence-corrected chi connectivity index (χ1v) is 7.37. The van der Waals surface area contributed by atoms with Crippen molar-refractivity contribution in [3.8, 4) is 0 Å². The molecule has 1 atom stereocenters. The molecule has 2 aromatic rings. The lowest BCUT2D eigenvalue weighted by molar-refractivity contribution is 0.811. The molecule has 0 saturated carbocycles. The van der Waals surface area contributed by atoms with Gasteiger partial charge in [0.25, 0.3) is 5.56 Å². The molecule has 1 aromatic carbocycles. The lowest BCUT2D eigenvalue weighted by Crippen LogP contribution is -2.08. The molecule has 0 radical (unpaired) electrons. The van der Waals surface area contributed by atoms with Crippen LogP contribution in [0, 0.1) is 6.92 Å². The highest BCUT2D eigenvalue weighted by molar-refractivity contribution is 9.10. The molecule has 0 aliphatic heterocycles. The van der Waals surface area contributed by atoms with Gasteiger partial charge >= 0.3 is 0 Å². The number of aromatic nitrogens is 2. The van der Waals surface area contributed by atoms with Crippen LogP contribution in [0.5, 0.6) is 0 Å². The van der Waals surface area contributed by atoms with Crippen LogP contribution in [0.25, 0.3) is 0 Å². The van der Waals surface area contributed by atoms with Crippen molar-refractivity contribution in [3.05, 3.63) is 50.3 Å². The highest BCUT2D eigenvalue weighted by Crippen LogP contribution is 2.30. The number of nitrogens with two attached hydrogens (primary N) is 1. The lowest BCUT2D eigenvalue weighted by atomic mass is 10.1. The van der Waals surface area contributed by atoms with Gasteiger partial charge in [-0.3, -0.25) is 4.79 Å². The van der Waals surface area contributed by atoms with Gasteiger partial charge in [0.05, 0.1) is 0 Å². The molecule has 0 amide bonds.